The largest absolute Gasteiger partial charge is 0.328 e. The molecule has 1 aromatic carbocycles. The summed E-state index contributed by atoms with van der Waals surface area (Å²) >= 11 is 0. The lowest BCUT2D eigenvalue weighted by molar-refractivity contribution is 0.0749. The predicted molar refractivity (Wildman–Crippen MR) is 86.1 cm³/mol. The molecule has 23 heavy (non-hydrogen) atoms. The average Bonchev–Trinajstić information content (AvgIpc) is 3.18. The van der Waals surface area contributed by atoms with Crippen LogP contribution in [0.3, 0.4) is 0 Å². The van der Waals surface area contributed by atoms with Crippen molar-refractivity contribution in [3.63, 3.8) is 0 Å². The highest BCUT2D eigenvalue weighted by Crippen LogP contribution is 2.24. The molecule has 0 spiro atoms. The van der Waals surface area contributed by atoms with Crippen LogP contribution in [0.25, 0.3) is 5.69 Å². The Labute approximate surface area is 134 Å². The van der Waals surface area contributed by atoms with Crippen LogP contribution in [0.1, 0.15) is 27.3 Å². The number of para-hydroxylation sites is 1. The number of aromatic nitrogens is 3. The van der Waals surface area contributed by atoms with Gasteiger partial charge < -0.3 is 4.90 Å². The van der Waals surface area contributed by atoms with Crippen LogP contribution in [0.15, 0.2) is 54.9 Å². The Morgan fingerprint density at radius 2 is 1.91 bits per heavy atom. The fraction of sp³-hybridized carbons (Fsp3) is 0.167. The first kappa shape index (κ1) is 13.7. The monoisotopic (exact) mass is 304 g/mol. The number of amides is 1. The van der Waals surface area contributed by atoms with E-state index in [9.17, 15) is 4.79 Å². The fourth-order valence-electron chi connectivity index (χ4n) is 2.96. The van der Waals surface area contributed by atoms with Crippen LogP contribution in [0.2, 0.25) is 0 Å². The van der Waals surface area contributed by atoms with Crippen LogP contribution in [0.4, 0.5) is 0 Å². The van der Waals surface area contributed by atoms with Gasteiger partial charge >= 0.3 is 0 Å². The zero-order valence-electron chi connectivity index (χ0n) is 12.8. The highest BCUT2D eigenvalue weighted by molar-refractivity contribution is 5.95. The van der Waals surface area contributed by atoms with E-state index in [0.29, 0.717) is 18.7 Å². The molecule has 4 rings (SSSR count). The van der Waals surface area contributed by atoms with E-state index in [2.05, 4.69) is 10.1 Å². The number of carbonyl (C=O) groups is 1. The van der Waals surface area contributed by atoms with Gasteiger partial charge in [0, 0.05) is 12.7 Å². The normalized spacial score (nSPS) is 13.2. The van der Waals surface area contributed by atoms with Crippen LogP contribution in [-0.2, 0) is 13.1 Å². The Bertz CT molecular complexity index is 845. The summed E-state index contributed by atoms with van der Waals surface area (Å²) in [6, 6.07) is 13.8. The van der Waals surface area contributed by atoms with Gasteiger partial charge in [-0.1, -0.05) is 24.3 Å². The van der Waals surface area contributed by atoms with Crippen LogP contribution in [0.5, 0.6) is 0 Å². The lowest BCUT2D eigenvalue weighted by Crippen LogP contribution is -2.25. The lowest BCUT2D eigenvalue weighted by Gasteiger charge is -2.14. The van der Waals surface area contributed by atoms with E-state index in [1.165, 1.54) is 0 Å². The van der Waals surface area contributed by atoms with E-state index >= 15 is 0 Å². The molecule has 0 atom stereocenters. The van der Waals surface area contributed by atoms with Crippen molar-refractivity contribution in [2.45, 2.75) is 20.0 Å². The highest BCUT2D eigenvalue weighted by atomic mass is 16.2. The summed E-state index contributed by atoms with van der Waals surface area (Å²) in [5, 5.41) is 4.38. The van der Waals surface area contributed by atoms with E-state index in [1.54, 1.807) is 17.1 Å². The van der Waals surface area contributed by atoms with Crippen molar-refractivity contribution in [1.29, 1.82) is 0 Å². The summed E-state index contributed by atoms with van der Waals surface area (Å²) in [5.74, 6) is 0.00248. The van der Waals surface area contributed by atoms with E-state index in [4.69, 9.17) is 0 Å². The van der Waals surface area contributed by atoms with Gasteiger partial charge in [0.05, 0.1) is 35.4 Å². The maximum absolute atomic E-state index is 12.8. The number of carbonyl (C=O) groups excluding carboxylic acids is 1. The van der Waals surface area contributed by atoms with Crippen LogP contribution in [-0.4, -0.2) is 25.6 Å². The number of rotatable bonds is 2. The molecule has 1 aliphatic rings. The summed E-state index contributed by atoms with van der Waals surface area (Å²) in [6.45, 7) is 3.09. The van der Waals surface area contributed by atoms with E-state index in [1.807, 2.05) is 54.3 Å². The standard InChI is InChI=1S/C18H16N4O/c1-13-16(10-20-22(13)15-7-3-2-4-8-15)18(23)21-11-14-6-5-9-19-17(14)12-21/h2-10H,11-12H2,1H3. The average molecular weight is 304 g/mol. The second kappa shape index (κ2) is 5.35. The quantitative estimate of drug-likeness (QED) is 0.731. The molecule has 0 aliphatic carbocycles. The Kier molecular flexibility index (Phi) is 3.19. The number of fused-ring (bicyclic) bond motifs is 1. The van der Waals surface area contributed by atoms with Crippen LogP contribution >= 0.6 is 0 Å². The van der Waals surface area contributed by atoms with Crippen molar-refractivity contribution in [1.82, 2.24) is 19.7 Å². The summed E-state index contributed by atoms with van der Waals surface area (Å²) in [6.07, 6.45) is 3.42. The van der Waals surface area contributed by atoms with Gasteiger partial charge in [-0.3, -0.25) is 9.78 Å². The molecule has 0 fully saturated rings. The van der Waals surface area contributed by atoms with Gasteiger partial charge in [0.25, 0.3) is 5.91 Å². The molecule has 2 aromatic heterocycles. The molecule has 1 aliphatic heterocycles. The highest BCUT2D eigenvalue weighted by Gasteiger charge is 2.27. The summed E-state index contributed by atoms with van der Waals surface area (Å²) in [7, 11) is 0. The SMILES string of the molecule is Cc1c(C(=O)N2Cc3cccnc3C2)cnn1-c1ccccc1. The minimum atomic E-state index is 0.00248. The molecule has 5 heteroatoms. The second-order valence-electron chi connectivity index (χ2n) is 5.66. The summed E-state index contributed by atoms with van der Waals surface area (Å²) in [4.78, 5) is 19.0. The Morgan fingerprint density at radius 3 is 2.70 bits per heavy atom. The third kappa shape index (κ3) is 2.30. The number of hydrogen-bond acceptors (Lipinski definition) is 3. The Hall–Kier alpha value is -2.95. The van der Waals surface area contributed by atoms with E-state index < -0.39 is 0 Å². The number of benzene rings is 1. The van der Waals surface area contributed by atoms with Gasteiger partial charge in [0.1, 0.15) is 0 Å². The number of hydrogen-bond donors (Lipinski definition) is 0. The van der Waals surface area contributed by atoms with Gasteiger partial charge in [-0.15, -0.1) is 0 Å². The van der Waals surface area contributed by atoms with Gasteiger partial charge in [0.2, 0.25) is 0 Å². The maximum atomic E-state index is 12.8. The minimum absolute atomic E-state index is 0.00248. The third-order valence-electron chi connectivity index (χ3n) is 4.21. The van der Waals surface area contributed by atoms with Gasteiger partial charge in [-0.2, -0.15) is 5.10 Å². The molecule has 0 unspecified atom stereocenters. The topological polar surface area (TPSA) is 51.0 Å². The van der Waals surface area contributed by atoms with E-state index in [-0.39, 0.29) is 5.91 Å². The third-order valence-corrected chi connectivity index (χ3v) is 4.21. The molecular weight excluding hydrogens is 288 g/mol. The summed E-state index contributed by atoms with van der Waals surface area (Å²) < 4.78 is 1.80. The molecule has 0 N–H and O–H groups in total. The molecule has 114 valence electrons. The van der Waals surface area contributed by atoms with Gasteiger partial charge in [-0.25, -0.2) is 4.68 Å². The van der Waals surface area contributed by atoms with Crippen molar-refractivity contribution in [2.75, 3.05) is 0 Å². The van der Waals surface area contributed by atoms with Crippen molar-refractivity contribution in [2.24, 2.45) is 0 Å². The molecule has 1 amide bonds. The maximum Gasteiger partial charge on any atom is 0.257 e. The zero-order chi connectivity index (χ0) is 15.8. The fourth-order valence-corrected chi connectivity index (χ4v) is 2.96. The lowest BCUT2D eigenvalue weighted by atomic mass is 10.2. The number of nitrogens with zero attached hydrogens (tertiary/aromatic N) is 4. The van der Waals surface area contributed by atoms with Crippen molar-refractivity contribution in [3.8, 4) is 5.69 Å². The van der Waals surface area contributed by atoms with Crippen molar-refractivity contribution >= 4 is 5.91 Å². The Balaban J connectivity index is 1.63. The minimum Gasteiger partial charge on any atom is -0.328 e. The first-order valence-electron chi connectivity index (χ1n) is 7.56. The molecule has 0 saturated heterocycles. The van der Waals surface area contributed by atoms with Crippen LogP contribution < -0.4 is 0 Å². The molecule has 5 nitrogen and oxygen atoms in total. The predicted octanol–water partition coefficient (Wildman–Crippen LogP) is 2.73. The van der Waals surface area contributed by atoms with Crippen molar-refractivity contribution < 1.29 is 4.79 Å². The Morgan fingerprint density at radius 1 is 1.09 bits per heavy atom. The molecule has 3 heterocycles. The van der Waals surface area contributed by atoms with Gasteiger partial charge in [-0.05, 0) is 30.7 Å². The summed E-state index contributed by atoms with van der Waals surface area (Å²) in [5.41, 5.74) is 4.55. The molecular formula is C18H16N4O. The smallest absolute Gasteiger partial charge is 0.257 e. The van der Waals surface area contributed by atoms with Gasteiger partial charge in [0.15, 0.2) is 0 Å². The van der Waals surface area contributed by atoms with E-state index in [0.717, 1.165) is 22.6 Å². The molecule has 3 aromatic rings. The van der Waals surface area contributed by atoms with Crippen molar-refractivity contribution in [3.05, 3.63) is 77.4 Å². The molecule has 0 radical (unpaired) electrons. The van der Waals surface area contributed by atoms with Crippen LogP contribution in [0, 0.1) is 6.92 Å². The number of pyridine rings is 1. The second-order valence-corrected chi connectivity index (χ2v) is 5.66. The first-order chi connectivity index (χ1) is 11.2. The zero-order valence-corrected chi connectivity index (χ0v) is 12.8. The molecule has 0 saturated carbocycles. The molecule has 0 bridgehead atoms. The first-order valence-corrected chi connectivity index (χ1v) is 7.56.